The van der Waals surface area contributed by atoms with Gasteiger partial charge in [-0.05, 0) is 50.1 Å². The van der Waals surface area contributed by atoms with E-state index < -0.39 is 0 Å². The van der Waals surface area contributed by atoms with Crippen LogP contribution in [0.25, 0.3) is 0 Å². The molecule has 5 heteroatoms. The summed E-state index contributed by atoms with van der Waals surface area (Å²) in [6, 6.07) is 11.8. The van der Waals surface area contributed by atoms with Crippen molar-refractivity contribution in [3.63, 3.8) is 0 Å². The first kappa shape index (κ1) is 14.5. The molecule has 2 rings (SSSR count). The number of hydrogen-bond acceptors (Lipinski definition) is 3. The molecule has 0 atom stereocenters. The van der Waals surface area contributed by atoms with Crippen LogP contribution < -0.4 is 10.1 Å². The molecule has 1 aromatic heterocycles. The van der Waals surface area contributed by atoms with Gasteiger partial charge in [0.15, 0.2) is 0 Å². The lowest BCUT2D eigenvalue weighted by atomic mass is 10.3. The SMILES string of the molecule is Brc1cnc(CNCCOc2ccccc2)c(Br)c1. The smallest absolute Gasteiger partial charge is 0.119 e. The Morgan fingerprint density at radius 3 is 2.68 bits per heavy atom. The van der Waals surface area contributed by atoms with Gasteiger partial charge in [-0.25, -0.2) is 0 Å². The van der Waals surface area contributed by atoms with Crippen LogP contribution in [-0.2, 0) is 6.54 Å². The average Bonchev–Trinajstić information content (AvgIpc) is 2.42. The van der Waals surface area contributed by atoms with Gasteiger partial charge in [0.2, 0.25) is 0 Å². The van der Waals surface area contributed by atoms with Gasteiger partial charge in [-0.3, -0.25) is 4.98 Å². The van der Waals surface area contributed by atoms with E-state index in [2.05, 4.69) is 42.2 Å². The lowest BCUT2D eigenvalue weighted by molar-refractivity contribution is 0.313. The van der Waals surface area contributed by atoms with Crippen LogP contribution in [-0.4, -0.2) is 18.1 Å². The van der Waals surface area contributed by atoms with Gasteiger partial charge in [-0.2, -0.15) is 0 Å². The minimum atomic E-state index is 0.637. The van der Waals surface area contributed by atoms with Gasteiger partial charge in [-0.1, -0.05) is 18.2 Å². The first-order chi connectivity index (χ1) is 9.25. The number of halogens is 2. The molecule has 1 N–H and O–H groups in total. The zero-order chi connectivity index (χ0) is 13.5. The number of para-hydroxylation sites is 1. The van der Waals surface area contributed by atoms with Crippen LogP contribution in [0, 0.1) is 0 Å². The summed E-state index contributed by atoms with van der Waals surface area (Å²) in [7, 11) is 0. The van der Waals surface area contributed by atoms with E-state index in [1.54, 1.807) is 6.20 Å². The summed E-state index contributed by atoms with van der Waals surface area (Å²) in [4.78, 5) is 4.34. The van der Waals surface area contributed by atoms with Crippen molar-refractivity contribution >= 4 is 31.9 Å². The van der Waals surface area contributed by atoms with Crippen LogP contribution in [0.2, 0.25) is 0 Å². The molecule has 0 spiro atoms. The van der Waals surface area contributed by atoms with Gasteiger partial charge in [-0.15, -0.1) is 0 Å². The first-order valence-electron chi connectivity index (χ1n) is 5.94. The number of nitrogens with zero attached hydrogens (tertiary/aromatic N) is 1. The van der Waals surface area contributed by atoms with Crippen molar-refractivity contribution in [2.24, 2.45) is 0 Å². The molecule has 0 saturated heterocycles. The van der Waals surface area contributed by atoms with E-state index >= 15 is 0 Å². The molecule has 1 heterocycles. The fourth-order valence-corrected chi connectivity index (χ4v) is 2.67. The van der Waals surface area contributed by atoms with Crippen molar-refractivity contribution in [2.45, 2.75) is 6.54 Å². The predicted molar refractivity (Wildman–Crippen MR) is 83.3 cm³/mol. The maximum atomic E-state index is 5.59. The van der Waals surface area contributed by atoms with Gasteiger partial charge < -0.3 is 10.1 Å². The third kappa shape index (κ3) is 4.93. The number of hydrogen-bond donors (Lipinski definition) is 1. The normalized spacial score (nSPS) is 10.4. The lowest BCUT2D eigenvalue weighted by Crippen LogP contribution is -2.21. The second-order valence-electron chi connectivity index (χ2n) is 3.92. The van der Waals surface area contributed by atoms with Crippen molar-refractivity contribution in [1.82, 2.24) is 10.3 Å². The Morgan fingerprint density at radius 2 is 1.95 bits per heavy atom. The number of pyridine rings is 1. The molecule has 1 aromatic carbocycles. The summed E-state index contributed by atoms with van der Waals surface area (Å²) >= 11 is 6.87. The molecule has 0 fully saturated rings. The van der Waals surface area contributed by atoms with Crippen LogP contribution in [0.15, 0.2) is 51.5 Å². The van der Waals surface area contributed by atoms with E-state index in [0.717, 1.165) is 26.9 Å². The van der Waals surface area contributed by atoms with Crippen LogP contribution in [0.4, 0.5) is 0 Å². The highest BCUT2D eigenvalue weighted by atomic mass is 79.9. The highest BCUT2D eigenvalue weighted by Gasteiger charge is 2.01. The van der Waals surface area contributed by atoms with E-state index in [1.165, 1.54) is 0 Å². The molecular weight excluding hydrogens is 372 g/mol. The fraction of sp³-hybridized carbons (Fsp3) is 0.214. The molecule has 0 amide bonds. The van der Waals surface area contributed by atoms with Gasteiger partial charge in [0.1, 0.15) is 12.4 Å². The molecule has 19 heavy (non-hydrogen) atoms. The van der Waals surface area contributed by atoms with E-state index in [0.29, 0.717) is 13.2 Å². The van der Waals surface area contributed by atoms with E-state index in [1.807, 2.05) is 36.4 Å². The summed E-state index contributed by atoms with van der Waals surface area (Å²) in [6.07, 6.45) is 1.79. The number of benzene rings is 1. The van der Waals surface area contributed by atoms with Crippen LogP contribution in [0.5, 0.6) is 5.75 Å². The van der Waals surface area contributed by atoms with Crippen LogP contribution >= 0.6 is 31.9 Å². The number of rotatable bonds is 6. The largest absolute Gasteiger partial charge is 0.492 e. The van der Waals surface area contributed by atoms with Crippen LogP contribution in [0.3, 0.4) is 0 Å². The third-order valence-electron chi connectivity index (χ3n) is 2.47. The third-order valence-corrected chi connectivity index (χ3v) is 3.59. The number of aromatic nitrogens is 1. The zero-order valence-electron chi connectivity index (χ0n) is 10.3. The van der Waals surface area contributed by atoms with Crippen LogP contribution in [0.1, 0.15) is 5.69 Å². The molecule has 100 valence electrons. The maximum Gasteiger partial charge on any atom is 0.119 e. The molecule has 0 aliphatic heterocycles. The van der Waals surface area contributed by atoms with Gasteiger partial charge in [0.25, 0.3) is 0 Å². The van der Waals surface area contributed by atoms with Gasteiger partial charge in [0.05, 0.1) is 5.69 Å². The molecule has 2 aromatic rings. The average molecular weight is 386 g/mol. The van der Waals surface area contributed by atoms with E-state index in [9.17, 15) is 0 Å². The summed E-state index contributed by atoms with van der Waals surface area (Å²) in [5, 5.41) is 3.30. The second kappa shape index (κ2) is 7.62. The fourth-order valence-electron chi connectivity index (χ4n) is 1.54. The quantitative estimate of drug-likeness (QED) is 0.768. The molecule has 0 radical (unpaired) electrons. The Labute approximate surface area is 129 Å². The van der Waals surface area contributed by atoms with E-state index in [4.69, 9.17) is 4.74 Å². The van der Waals surface area contributed by atoms with Crippen molar-refractivity contribution in [3.05, 3.63) is 57.2 Å². The maximum absolute atomic E-state index is 5.59. The highest BCUT2D eigenvalue weighted by Crippen LogP contribution is 2.19. The monoisotopic (exact) mass is 384 g/mol. The Morgan fingerprint density at radius 1 is 1.16 bits per heavy atom. The Balaban J connectivity index is 1.69. The van der Waals surface area contributed by atoms with Crippen molar-refractivity contribution < 1.29 is 4.74 Å². The molecule has 0 bridgehead atoms. The highest BCUT2D eigenvalue weighted by molar-refractivity contribution is 9.11. The predicted octanol–water partition coefficient (Wildman–Crippen LogP) is 3.78. The number of ether oxygens (including phenoxy) is 1. The minimum Gasteiger partial charge on any atom is -0.492 e. The van der Waals surface area contributed by atoms with Crippen molar-refractivity contribution in [3.8, 4) is 5.75 Å². The number of nitrogens with one attached hydrogen (secondary N) is 1. The second-order valence-corrected chi connectivity index (χ2v) is 5.69. The topological polar surface area (TPSA) is 34.2 Å². The first-order valence-corrected chi connectivity index (χ1v) is 7.53. The zero-order valence-corrected chi connectivity index (χ0v) is 13.4. The Bertz CT molecular complexity index is 520. The van der Waals surface area contributed by atoms with E-state index in [-0.39, 0.29) is 0 Å². The summed E-state index contributed by atoms with van der Waals surface area (Å²) in [5.41, 5.74) is 0.989. The molecule has 0 aliphatic rings. The Hall–Kier alpha value is -0.910. The summed E-state index contributed by atoms with van der Waals surface area (Å²) in [5.74, 6) is 0.896. The standard InChI is InChI=1S/C14H14Br2N2O/c15-11-8-13(16)14(18-9-11)10-17-6-7-19-12-4-2-1-3-5-12/h1-5,8-9,17H,6-7,10H2. The van der Waals surface area contributed by atoms with Crippen molar-refractivity contribution in [1.29, 1.82) is 0 Å². The summed E-state index contributed by atoms with van der Waals surface area (Å²) in [6.45, 7) is 2.13. The molecule has 0 unspecified atom stereocenters. The minimum absolute atomic E-state index is 0.637. The summed E-state index contributed by atoms with van der Waals surface area (Å²) < 4.78 is 7.56. The van der Waals surface area contributed by atoms with Crippen molar-refractivity contribution in [2.75, 3.05) is 13.2 Å². The Kier molecular flexibility index (Phi) is 5.82. The molecule has 0 saturated carbocycles. The molecule has 0 aliphatic carbocycles. The molecule has 3 nitrogen and oxygen atoms in total. The van der Waals surface area contributed by atoms with Gasteiger partial charge >= 0.3 is 0 Å². The molecular formula is C14H14Br2N2O. The lowest BCUT2D eigenvalue weighted by Gasteiger charge is -2.08. The van der Waals surface area contributed by atoms with Gasteiger partial charge in [0, 0.05) is 28.2 Å².